The summed E-state index contributed by atoms with van der Waals surface area (Å²) in [5.74, 6) is -2.19. The maximum absolute atomic E-state index is 14.0. The van der Waals surface area contributed by atoms with Crippen molar-refractivity contribution in [1.29, 1.82) is 0 Å². The van der Waals surface area contributed by atoms with E-state index in [1.54, 1.807) is 14.1 Å². The molecule has 0 aliphatic carbocycles. The molecule has 0 saturated heterocycles. The molecule has 44 heavy (non-hydrogen) atoms. The molecule has 0 saturated carbocycles. The highest BCUT2D eigenvalue weighted by molar-refractivity contribution is 5.96. The highest BCUT2D eigenvalue weighted by Gasteiger charge is 2.21. The topological polar surface area (TPSA) is 184 Å². The van der Waals surface area contributed by atoms with E-state index in [9.17, 15) is 33.1 Å². The lowest BCUT2D eigenvalue weighted by atomic mass is 10.1. The summed E-state index contributed by atoms with van der Waals surface area (Å²) in [6, 6.07) is 4.79. The van der Waals surface area contributed by atoms with Gasteiger partial charge in [0.2, 0.25) is 17.7 Å². The van der Waals surface area contributed by atoms with Gasteiger partial charge in [0.25, 0.3) is 5.56 Å². The van der Waals surface area contributed by atoms with Crippen LogP contribution in [-0.2, 0) is 22.7 Å². The Hall–Kier alpha value is -5.67. The zero-order valence-corrected chi connectivity index (χ0v) is 23.6. The molecule has 1 atom stereocenters. The number of ether oxygens (including phenoxy) is 1. The molecule has 0 unspecified atom stereocenters. The molecule has 0 fully saturated rings. The summed E-state index contributed by atoms with van der Waals surface area (Å²) in [5, 5.41) is 13.8. The number of hydrogen-bond donors (Lipinski definition) is 4. The highest BCUT2D eigenvalue weighted by Crippen LogP contribution is 2.21. The summed E-state index contributed by atoms with van der Waals surface area (Å²) >= 11 is 0. The molecule has 4 N–H and O–H groups in total. The molecule has 0 spiro atoms. The van der Waals surface area contributed by atoms with Crippen molar-refractivity contribution in [3.63, 3.8) is 0 Å². The van der Waals surface area contributed by atoms with Crippen molar-refractivity contribution in [3.05, 3.63) is 88.4 Å². The van der Waals surface area contributed by atoms with Crippen LogP contribution in [0.15, 0.2) is 59.8 Å². The molecule has 3 aromatic heterocycles. The second-order valence-electron chi connectivity index (χ2n) is 9.64. The van der Waals surface area contributed by atoms with E-state index < -0.39 is 35.2 Å². The molecule has 0 aliphatic rings. The predicted molar refractivity (Wildman–Crippen MR) is 153 cm³/mol. The van der Waals surface area contributed by atoms with E-state index in [0.29, 0.717) is 0 Å². The van der Waals surface area contributed by atoms with Gasteiger partial charge in [-0.1, -0.05) is 6.08 Å². The van der Waals surface area contributed by atoms with Gasteiger partial charge in [-0.05, 0) is 43.2 Å². The third kappa shape index (κ3) is 7.99. The molecule has 230 valence electrons. The van der Waals surface area contributed by atoms with E-state index in [0.717, 1.165) is 12.1 Å². The molecule has 16 heteroatoms. The number of pyridine rings is 1. The largest absolute Gasteiger partial charge is 0.471 e. The number of nitrogens with zero attached hydrogens (tertiary/aromatic N) is 5. The smallest absolute Gasteiger partial charge is 0.405 e. The van der Waals surface area contributed by atoms with E-state index in [2.05, 4.69) is 30.6 Å². The summed E-state index contributed by atoms with van der Waals surface area (Å²) in [7, 11) is 3.16. The van der Waals surface area contributed by atoms with E-state index in [-0.39, 0.29) is 66.0 Å². The van der Waals surface area contributed by atoms with Crippen LogP contribution in [0, 0.1) is 11.6 Å². The monoisotopic (exact) mass is 610 g/mol. The summed E-state index contributed by atoms with van der Waals surface area (Å²) in [6.45, 7) is -0.323. The number of aromatic amines is 1. The minimum absolute atomic E-state index is 0.0347. The van der Waals surface area contributed by atoms with Crippen LogP contribution in [0.25, 0.3) is 11.2 Å². The zero-order valence-electron chi connectivity index (χ0n) is 23.6. The Bertz CT molecular complexity index is 1770. The third-order valence-corrected chi connectivity index (χ3v) is 6.21. The molecular formula is C28H28F2N8O6. The molecule has 4 rings (SSSR count). The van der Waals surface area contributed by atoms with Crippen molar-refractivity contribution < 1.29 is 33.0 Å². The number of H-pyrrole nitrogens is 1. The maximum atomic E-state index is 14.0. The quantitative estimate of drug-likeness (QED) is 0.175. The predicted octanol–water partition coefficient (Wildman–Crippen LogP) is 2.42. The van der Waals surface area contributed by atoms with Crippen molar-refractivity contribution in [1.82, 2.24) is 34.7 Å². The first-order chi connectivity index (χ1) is 21.0. The Morgan fingerprint density at radius 2 is 2.00 bits per heavy atom. The second kappa shape index (κ2) is 14.0. The number of likely N-dealkylation sites (N-methyl/N-ethyl adjacent to an activating group) is 1. The molecule has 0 aliphatic heterocycles. The SMILES string of the molecule is CN(C)C(=O)/C=C/CC[C@H](NC(=O)O)C(=O)Nc1cccn(Cc2nc3c(OCc4ccc(F)cc4F)ncnc3[nH]2)c1=O. The van der Waals surface area contributed by atoms with Crippen LogP contribution in [0.4, 0.5) is 19.3 Å². The lowest BCUT2D eigenvalue weighted by molar-refractivity contribution is -0.123. The van der Waals surface area contributed by atoms with Crippen molar-refractivity contribution in [2.24, 2.45) is 0 Å². The van der Waals surface area contributed by atoms with Crippen LogP contribution in [-0.4, -0.2) is 72.6 Å². The van der Waals surface area contributed by atoms with Crippen LogP contribution in [0.5, 0.6) is 5.88 Å². The number of amides is 3. The van der Waals surface area contributed by atoms with Crippen LogP contribution in [0.1, 0.15) is 24.2 Å². The summed E-state index contributed by atoms with van der Waals surface area (Å²) in [4.78, 5) is 65.8. The number of carbonyl (C=O) groups is 3. The van der Waals surface area contributed by atoms with Crippen LogP contribution < -0.4 is 20.9 Å². The number of aromatic nitrogens is 5. The zero-order chi connectivity index (χ0) is 31.8. The minimum Gasteiger partial charge on any atom is -0.471 e. The van der Waals surface area contributed by atoms with E-state index in [4.69, 9.17) is 4.74 Å². The standard InChI is InChI=1S/C28H28F2N8O6/c1-37(2)22(39)8-4-3-6-19(34-28(42)43)25(40)33-20-7-5-11-38(27(20)41)13-21-35-23-24(36-21)31-15-32-26(23)44-14-16-9-10-17(29)12-18(16)30/h4-5,7-12,15,19,34H,3,6,13-14H2,1-2H3,(H,33,40)(H,42,43)(H,31,32,35,36)/b8-4+/t19-/m0/s1. The first kappa shape index (κ1) is 31.3. The van der Waals surface area contributed by atoms with Gasteiger partial charge in [0.15, 0.2) is 11.2 Å². The average Bonchev–Trinajstić information content (AvgIpc) is 3.39. The van der Waals surface area contributed by atoms with Gasteiger partial charge in [0.1, 0.15) is 42.1 Å². The fourth-order valence-electron chi connectivity index (χ4n) is 3.97. The number of hydrogen-bond acceptors (Lipinski definition) is 8. The van der Waals surface area contributed by atoms with Crippen molar-refractivity contribution in [2.45, 2.75) is 32.0 Å². The molecule has 14 nitrogen and oxygen atoms in total. The number of benzene rings is 1. The highest BCUT2D eigenvalue weighted by atomic mass is 19.1. The molecule has 4 aromatic rings. The number of allylic oxidation sites excluding steroid dienone is 1. The van der Waals surface area contributed by atoms with Gasteiger partial charge in [-0.15, -0.1) is 0 Å². The Labute approximate surface area is 248 Å². The van der Waals surface area contributed by atoms with Gasteiger partial charge in [-0.3, -0.25) is 14.4 Å². The fraction of sp³-hybridized carbons (Fsp3) is 0.250. The van der Waals surface area contributed by atoms with E-state index in [1.165, 1.54) is 52.3 Å². The number of fused-ring (bicyclic) bond motifs is 1. The van der Waals surface area contributed by atoms with Gasteiger partial charge >= 0.3 is 6.09 Å². The van der Waals surface area contributed by atoms with E-state index in [1.807, 2.05) is 0 Å². The molecule has 0 bridgehead atoms. The summed E-state index contributed by atoms with van der Waals surface area (Å²) < 4.78 is 34.1. The first-order valence-corrected chi connectivity index (χ1v) is 13.2. The van der Waals surface area contributed by atoms with Crippen LogP contribution in [0.2, 0.25) is 0 Å². The minimum atomic E-state index is -1.43. The van der Waals surface area contributed by atoms with Crippen molar-refractivity contribution in [2.75, 3.05) is 19.4 Å². The molecule has 3 amide bonds. The van der Waals surface area contributed by atoms with Crippen molar-refractivity contribution >= 4 is 34.8 Å². The summed E-state index contributed by atoms with van der Waals surface area (Å²) in [5.41, 5.74) is -0.0936. The Morgan fingerprint density at radius 3 is 2.73 bits per heavy atom. The number of nitrogens with one attached hydrogen (secondary N) is 3. The number of carbonyl (C=O) groups excluding carboxylic acids is 2. The number of rotatable bonds is 12. The van der Waals surface area contributed by atoms with Crippen molar-refractivity contribution in [3.8, 4) is 5.88 Å². The number of halogens is 2. The maximum Gasteiger partial charge on any atom is 0.405 e. The van der Waals surface area contributed by atoms with Crippen LogP contribution in [0.3, 0.4) is 0 Å². The second-order valence-corrected chi connectivity index (χ2v) is 9.64. The fourth-order valence-corrected chi connectivity index (χ4v) is 3.97. The van der Waals surface area contributed by atoms with Gasteiger partial charge in [-0.2, -0.15) is 4.98 Å². The molecule has 3 heterocycles. The van der Waals surface area contributed by atoms with Gasteiger partial charge in [-0.25, -0.2) is 23.5 Å². The number of anilines is 1. The van der Waals surface area contributed by atoms with Gasteiger partial charge in [0.05, 0.1) is 6.54 Å². The number of imidazole rings is 1. The third-order valence-electron chi connectivity index (χ3n) is 6.21. The Balaban J connectivity index is 1.46. The molecular weight excluding hydrogens is 582 g/mol. The average molecular weight is 611 g/mol. The number of carboxylic acid groups (broad SMARTS) is 1. The van der Waals surface area contributed by atoms with E-state index >= 15 is 0 Å². The lowest BCUT2D eigenvalue weighted by Crippen LogP contribution is -2.44. The molecule has 1 aromatic carbocycles. The van der Waals surface area contributed by atoms with Crippen LogP contribution >= 0.6 is 0 Å². The molecule has 0 radical (unpaired) electrons. The Morgan fingerprint density at radius 1 is 1.20 bits per heavy atom. The lowest BCUT2D eigenvalue weighted by Gasteiger charge is -2.16. The summed E-state index contributed by atoms with van der Waals surface area (Å²) in [6.07, 6.45) is 4.34. The van der Waals surface area contributed by atoms with Gasteiger partial charge in [0, 0.05) is 31.9 Å². The Kier molecular flexibility index (Phi) is 9.95. The first-order valence-electron chi connectivity index (χ1n) is 13.2. The van der Waals surface area contributed by atoms with Gasteiger partial charge < -0.3 is 34.9 Å². The normalized spacial score (nSPS) is 11.8.